The van der Waals surface area contributed by atoms with Crippen LogP contribution in [-0.2, 0) is 0 Å². The van der Waals surface area contributed by atoms with Crippen molar-refractivity contribution in [2.75, 3.05) is 26.2 Å². The number of aryl methyl sites for hydroxylation is 1. The predicted molar refractivity (Wildman–Crippen MR) is 118 cm³/mol. The summed E-state index contributed by atoms with van der Waals surface area (Å²) in [6, 6.07) is 10.4. The highest BCUT2D eigenvalue weighted by atomic mass is 15.6. The number of hydrogen-bond donors (Lipinski definition) is 0. The summed E-state index contributed by atoms with van der Waals surface area (Å²) in [5, 5.41) is 13.2. The molecule has 1 aromatic carbocycles. The zero-order chi connectivity index (χ0) is 20.3. The molecule has 30 heavy (non-hydrogen) atoms. The SMILES string of the molecule is Cc1ccc(C(c2nnnn2C2CCCC2)N2CCN(C3CCCCC3)CC2)cc1. The van der Waals surface area contributed by atoms with Crippen molar-refractivity contribution < 1.29 is 0 Å². The van der Waals surface area contributed by atoms with Crippen molar-refractivity contribution in [3.8, 4) is 0 Å². The number of rotatable bonds is 5. The van der Waals surface area contributed by atoms with Gasteiger partial charge >= 0.3 is 0 Å². The first-order chi connectivity index (χ1) is 14.8. The molecule has 3 aliphatic rings. The first kappa shape index (κ1) is 20.1. The van der Waals surface area contributed by atoms with Gasteiger partial charge < -0.3 is 0 Å². The molecule has 2 aromatic rings. The van der Waals surface area contributed by atoms with E-state index in [1.54, 1.807) is 0 Å². The van der Waals surface area contributed by atoms with Crippen LogP contribution in [0.1, 0.15) is 86.8 Å². The van der Waals surface area contributed by atoms with Crippen LogP contribution in [0, 0.1) is 6.92 Å². The second-order valence-electron chi connectivity index (χ2n) is 9.60. The van der Waals surface area contributed by atoms with Gasteiger partial charge in [-0.3, -0.25) is 9.80 Å². The van der Waals surface area contributed by atoms with Gasteiger partial charge in [0.05, 0.1) is 12.1 Å². The van der Waals surface area contributed by atoms with E-state index in [-0.39, 0.29) is 6.04 Å². The first-order valence-corrected chi connectivity index (χ1v) is 12.1. The molecule has 1 unspecified atom stereocenters. The van der Waals surface area contributed by atoms with E-state index in [4.69, 9.17) is 0 Å². The molecule has 0 spiro atoms. The number of benzene rings is 1. The first-order valence-electron chi connectivity index (χ1n) is 12.1. The van der Waals surface area contributed by atoms with Gasteiger partial charge in [-0.05, 0) is 48.6 Å². The van der Waals surface area contributed by atoms with Crippen LogP contribution in [0.5, 0.6) is 0 Å². The number of tetrazole rings is 1. The summed E-state index contributed by atoms with van der Waals surface area (Å²) in [5.74, 6) is 1.04. The van der Waals surface area contributed by atoms with E-state index in [1.165, 1.54) is 68.9 Å². The molecule has 5 rings (SSSR count). The van der Waals surface area contributed by atoms with Crippen molar-refractivity contribution in [2.45, 2.75) is 82.8 Å². The Morgan fingerprint density at radius 3 is 2.13 bits per heavy atom. The second-order valence-corrected chi connectivity index (χ2v) is 9.60. The maximum Gasteiger partial charge on any atom is 0.173 e. The third-order valence-corrected chi connectivity index (χ3v) is 7.63. The lowest BCUT2D eigenvalue weighted by atomic mass is 9.93. The van der Waals surface area contributed by atoms with E-state index >= 15 is 0 Å². The third-order valence-electron chi connectivity index (χ3n) is 7.63. The zero-order valence-corrected chi connectivity index (χ0v) is 18.4. The highest BCUT2D eigenvalue weighted by Gasteiger charge is 2.34. The highest BCUT2D eigenvalue weighted by Crippen LogP contribution is 2.35. The minimum absolute atomic E-state index is 0.148. The summed E-state index contributed by atoms with van der Waals surface area (Å²) in [7, 11) is 0. The van der Waals surface area contributed by atoms with E-state index in [2.05, 4.69) is 61.2 Å². The Bertz CT molecular complexity index is 795. The molecule has 1 aliphatic heterocycles. The van der Waals surface area contributed by atoms with Crippen molar-refractivity contribution in [1.82, 2.24) is 30.0 Å². The van der Waals surface area contributed by atoms with E-state index in [0.29, 0.717) is 6.04 Å². The van der Waals surface area contributed by atoms with Crippen molar-refractivity contribution in [3.63, 3.8) is 0 Å². The molecule has 0 amide bonds. The molecular formula is C24H36N6. The maximum atomic E-state index is 4.59. The third kappa shape index (κ3) is 4.17. The molecular weight excluding hydrogens is 372 g/mol. The van der Waals surface area contributed by atoms with E-state index in [9.17, 15) is 0 Å². The van der Waals surface area contributed by atoms with Crippen molar-refractivity contribution in [1.29, 1.82) is 0 Å². The molecule has 162 valence electrons. The van der Waals surface area contributed by atoms with E-state index in [1.807, 2.05) is 0 Å². The Hall–Kier alpha value is -1.79. The fourth-order valence-electron chi connectivity index (χ4n) is 5.87. The van der Waals surface area contributed by atoms with Crippen LogP contribution < -0.4 is 0 Å². The minimum Gasteiger partial charge on any atom is -0.298 e. The zero-order valence-electron chi connectivity index (χ0n) is 18.4. The van der Waals surface area contributed by atoms with Crippen molar-refractivity contribution >= 4 is 0 Å². The standard InChI is InChI=1S/C24H36N6/c1-19-11-13-20(14-12-19)23(24-25-26-27-30(24)22-9-5-6-10-22)29-17-15-28(16-18-29)21-7-3-2-4-8-21/h11-14,21-23H,2-10,15-18H2,1H3. The van der Waals surface area contributed by atoms with Crippen LogP contribution in [0.4, 0.5) is 0 Å². The van der Waals surface area contributed by atoms with Crippen LogP contribution in [0.15, 0.2) is 24.3 Å². The molecule has 0 radical (unpaired) electrons. The van der Waals surface area contributed by atoms with Gasteiger partial charge in [0.1, 0.15) is 0 Å². The van der Waals surface area contributed by atoms with Gasteiger partial charge in [-0.25, -0.2) is 4.68 Å². The molecule has 2 heterocycles. The Labute approximate surface area is 180 Å². The van der Waals surface area contributed by atoms with Crippen LogP contribution >= 0.6 is 0 Å². The number of piperazine rings is 1. The molecule has 2 saturated carbocycles. The smallest absolute Gasteiger partial charge is 0.173 e. The molecule has 3 fully saturated rings. The van der Waals surface area contributed by atoms with Gasteiger partial charge in [0, 0.05) is 32.2 Å². The average molecular weight is 409 g/mol. The maximum absolute atomic E-state index is 4.59. The second kappa shape index (κ2) is 9.15. The molecule has 1 atom stereocenters. The summed E-state index contributed by atoms with van der Waals surface area (Å²) >= 11 is 0. The van der Waals surface area contributed by atoms with Crippen molar-refractivity contribution in [2.24, 2.45) is 0 Å². The Morgan fingerprint density at radius 1 is 0.800 bits per heavy atom. The van der Waals surface area contributed by atoms with Gasteiger partial charge in [0.2, 0.25) is 0 Å². The molecule has 6 heteroatoms. The molecule has 1 aromatic heterocycles. The lowest BCUT2D eigenvalue weighted by Crippen LogP contribution is -2.52. The summed E-state index contributed by atoms with van der Waals surface area (Å²) in [4.78, 5) is 5.38. The van der Waals surface area contributed by atoms with Gasteiger partial charge in [-0.1, -0.05) is 61.9 Å². The number of nitrogens with zero attached hydrogens (tertiary/aromatic N) is 6. The largest absolute Gasteiger partial charge is 0.298 e. The quantitative estimate of drug-likeness (QED) is 0.744. The summed E-state index contributed by atoms with van der Waals surface area (Å²) in [5.41, 5.74) is 2.62. The Balaban J connectivity index is 1.39. The highest BCUT2D eigenvalue weighted by molar-refractivity contribution is 5.28. The van der Waals surface area contributed by atoms with Gasteiger partial charge in [0.25, 0.3) is 0 Å². The summed E-state index contributed by atoms with van der Waals surface area (Å²) in [6.07, 6.45) is 12.0. The molecule has 0 bridgehead atoms. The van der Waals surface area contributed by atoms with E-state index in [0.717, 1.165) is 38.0 Å². The fourth-order valence-corrected chi connectivity index (χ4v) is 5.87. The lowest BCUT2D eigenvalue weighted by Gasteiger charge is -2.43. The molecule has 1 saturated heterocycles. The number of hydrogen-bond acceptors (Lipinski definition) is 5. The van der Waals surface area contributed by atoms with Crippen LogP contribution in [-0.4, -0.2) is 62.2 Å². The summed E-state index contributed by atoms with van der Waals surface area (Å²) in [6.45, 7) is 6.67. The fraction of sp³-hybridized carbons (Fsp3) is 0.708. The lowest BCUT2D eigenvalue weighted by molar-refractivity contribution is 0.0615. The topological polar surface area (TPSA) is 50.1 Å². The van der Waals surface area contributed by atoms with Gasteiger partial charge in [-0.15, -0.1) is 5.10 Å². The van der Waals surface area contributed by atoms with Crippen molar-refractivity contribution in [3.05, 3.63) is 41.2 Å². The van der Waals surface area contributed by atoms with E-state index < -0.39 is 0 Å². The monoisotopic (exact) mass is 408 g/mol. The van der Waals surface area contributed by atoms with Crippen LogP contribution in [0.3, 0.4) is 0 Å². The van der Waals surface area contributed by atoms with Crippen LogP contribution in [0.25, 0.3) is 0 Å². The molecule has 0 N–H and O–H groups in total. The average Bonchev–Trinajstić information content (AvgIpc) is 3.48. The normalized spacial score (nSPS) is 23.8. The van der Waals surface area contributed by atoms with Gasteiger partial charge in [-0.2, -0.15) is 0 Å². The molecule has 6 nitrogen and oxygen atoms in total. The predicted octanol–water partition coefficient (Wildman–Crippen LogP) is 4.14. The van der Waals surface area contributed by atoms with Gasteiger partial charge in [0.15, 0.2) is 5.82 Å². The Kier molecular flexibility index (Phi) is 6.14. The summed E-state index contributed by atoms with van der Waals surface area (Å²) < 4.78 is 2.16. The minimum atomic E-state index is 0.148. The number of aromatic nitrogens is 4. The van der Waals surface area contributed by atoms with Crippen LogP contribution in [0.2, 0.25) is 0 Å². The molecule has 2 aliphatic carbocycles. The Morgan fingerprint density at radius 2 is 1.43 bits per heavy atom.